The third-order valence-corrected chi connectivity index (χ3v) is 16.4. The van der Waals surface area contributed by atoms with Gasteiger partial charge in [0.05, 0.1) is 18.2 Å². The van der Waals surface area contributed by atoms with Gasteiger partial charge in [0.2, 0.25) is 0 Å². The molecule has 0 aromatic heterocycles. The second-order valence-corrected chi connectivity index (χ2v) is 19.2. The number of allylic oxidation sites excluding steroid dienone is 4. The molecule has 6 nitrogen and oxygen atoms in total. The van der Waals surface area contributed by atoms with Gasteiger partial charge < -0.3 is 19.8 Å². The molecule has 0 aromatic carbocycles. The molecule has 5 fully saturated rings. The van der Waals surface area contributed by atoms with Crippen LogP contribution >= 0.6 is 0 Å². The number of rotatable bonds is 8. The quantitative estimate of drug-likeness (QED) is 0.251. The van der Waals surface area contributed by atoms with Crippen molar-refractivity contribution in [2.24, 2.45) is 57.2 Å². The van der Waals surface area contributed by atoms with Crippen molar-refractivity contribution in [1.82, 2.24) is 4.90 Å². The lowest BCUT2D eigenvalue weighted by Crippen LogP contribution is -2.67. The Morgan fingerprint density at radius 3 is 2.35 bits per heavy atom. The standard InChI is InChI=1S/C43H67NO5/c1-7-23-44(38(47)49-34-24-29(4)13-14-32(34)28(2)3)27-42(48)20-17-36-40(42,6)19-16-35-39(5)18-15-31(45)25-41(39)21-22-43(35,36)33(26-41)37(46)30-11-9-8-10-12-30/h21-22,26,28-32,34-36,45,48H,7-20,23-25,27H2,1-6H3/t29-,31?,32+,34-,35+,36+,39+,40-,41-,42+,43+/m0/s1. The maximum absolute atomic E-state index is 14.8. The van der Waals surface area contributed by atoms with E-state index in [9.17, 15) is 19.8 Å². The third-order valence-electron chi connectivity index (χ3n) is 16.4. The van der Waals surface area contributed by atoms with Gasteiger partial charge in [-0.1, -0.05) is 85.5 Å². The van der Waals surface area contributed by atoms with Crippen molar-refractivity contribution < 1.29 is 24.5 Å². The summed E-state index contributed by atoms with van der Waals surface area (Å²) in [5, 5.41) is 24.0. The molecule has 2 spiro atoms. The van der Waals surface area contributed by atoms with Gasteiger partial charge in [0.25, 0.3) is 0 Å². The lowest BCUT2D eigenvalue weighted by Gasteiger charge is -2.71. The van der Waals surface area contributed by atoms with Crippen LogP contribution in [0.4, 0.5) is 4.79 Å². The second-order valence-electron chi connectivity index (χ2n) is 19.2. The summed E-state index contributed by atoms with van der Waals surface area (Å²) in [6, 6.07) is 0. The van der Waals surface area contributed by atoms with Crippen LogP contribution in [0.3, 0.4) is 0 Å². The van der Waals surface area contributed by atoms with Crippen LogP contribution in [0, 0.1) is 57.2 Å². The van der Waals surface area contributed by atoms with Crippen LogP contribution in [-0.2, 0) is 9.53 Å². The van der Waals surface area contributed by atoms with Crippen LogP contribution in [0.1, 0.15) is 144 Å². The first-order valence-corrected chi connectivity index (χ1v) is 20.6. The summed E-state index contributed by atoms with van der Waals surface area (Å²) in [7, 11) is 0. The van der Waals surface area contributed by atoms with E-state index in [4.69, 9.17) is 4.74 Å². The fraction of sp³-hybridized carbons (Fsp3) is 0.860. The van der Waals surface area contributed by atoms with E-state index < -0.39 is 16.4 Å². The topological polar surface area (TPSA) is 87.1 Å². The number of aliphatic hydroxyl groups excluding tert-OH is 1. The number of fused-ring (bicyclic) bond motifs is 1. The molecule has 11 atom stereocenters. The van der Waals surface area contributed by atoms with E-state index in [0.717, 1.165) is 82.6 Å². The fourth-order valence-corrected chi connectivity index (χ4v) is 13.5. The highest BCUT2D eigenvalue weighted by molar-refractivity contribution is 6.00. The van der Waals surface area contributed by atoms with Gasteiger partial charge >= 0.3 is 6.09 Å². The first-order chi connectivity index (χ1) is 23.2. The fourth-order valence-electron chi connectivity index (χ4n) is 13.5. The van der Waals surface area contributed by atoms with Gasteiger partial charge in [0, 0.05) is 34.3 Å². The van der Waals surface area contributed by atoms with Gasteiger partial charge in [-0.25, -0.2) is 4.79 Å². The molecule has 6 heteroatoms. The van der Waals surface area contributed by atoms with E-state index in [1.54, 1.807) is 0 Å². The molecule has 49 heavy (non-hydrogen) atoms. The minimum absolute atomic E-state index is 0.0263. The number of ether oxygens (including phenoxy) is 1. The second kappa shape index (κ2) is 12.8. The predicted molar refractivity (Wildman–Crippen MR) is 194 cm³/mol. The number of aliphatic hydroxyl groups is 2. The van der Waals surface area contributed by atoms with E-state index in [1.807, 2.05) is 4.90 Å². The van der Waals surface area contributed by atoms with Crippen LogP contribution in [0.5, 0.6) is 0 Å². The van der Waals surface area contributed by atoms with Crippen LogP contribution in [0.2, 0.25) is 0 Å². The van der Waals surface area contributed by atoms with E-state index in [0.29, 0.717) is 48.8 Å². The zero-order valence-corrected chi connectivity index (χ0v) is 31.6. The number of carbonyl (C=O) groups excluding carboxylic acids is 2. The number of hydrogen-bond donors (Lipinski definition) is 2. The summed E-state index contributed by atoms with van der Waals surface area (Å²) in [4.78, 5) is 30.8. The highest BCUT2D eigenvalue weighted by atomic mass is 16.6. The molecule has 0 heterocycles. The minimum atomic E-state index is -1.06. The van der Waals surface area contributed by atoms with Gasteiger partial charge in [-0.3, -0.25) is 4.79 Å². The number of Topliss-reactive ketones (excluding diaryl/α,β-unsaturated/α-hetero) is 1. The van der Waals surface area contributed by atoms with Crippen molar-refractivity contribution >= 4 is 11.9 Å². The molecule has 0 saturated heterocycles. The molecule has 0 aromatic rings. The molecule has 1 amide bonds. The van der Waals surface area contributed by atoms with Gasteiger partial charge in [0.1, 0.15) is 6.10 Å². The molecule has 0 radical (unpaired) electrons. The smallest absolute Gasteiger partial charge is 0.410 e. The molecular formula is C43H67NO5. The zero-order chi connectivity index (χ0) is 35.0. The van der Waals surface area contributed by atoms with Gasteiger partial charge in [0.15, 0.2) is 5.78 Å². The summed E-state index contributed by atoms with van der Waals surface area (Å²) < 4.78 is 6.39. The molecule has 2 N–H and O–H groups in total. The lowest BCUT2D eigenvalue weighted by atomic mass is 9.32. The minimum Gasteiger partial charge on any atom is -0.446 e. The van der Waals surface area contributed by atoms with E-state index in [1.165, 1.54) is 12.8 Å². The molecular weight excluding hydrogens is 610 g/mol. The van der Waals surface area contributed by atoms with Gasteiger partial charge in [-0.05, 0) is 112 Å². The summed E-state index contributed by atoms with van der Waals surface area (Å²) in [5.41, 5.74) is -1.22. The van der Waals surface area contributed by atoms with Crippen LogP contribution in [0.15, 0.2) is 23.8 Å². The van der Waals surface area contributed by atoms with Crippen LogP contribution in [-0.4, -0.2) is 57.9 Å². The largest absolute Gasteiger partial charge is 0.446 e. The van der Waals surface area contributed by atoms with Crippen molar-refractivity contribution in [3.63, 3.8) is 0 Å². The van der Waals surface area contributed by atoms with Crippen LogP contribution < -0.4 is 0 Å². The number of carbonyl (C=O) groups is 2. The van der Waals surface area contributed by atoms with Crippen molar-refractivity contribution in [3.8, 4) is 0 Å². The van der Waals surface area contributed by atoms with Gasteiger partial charge in [-0.15, -0.1) is 0 Å². The molecule has 0 aliphatic heterocycles. The lowest BCUT2D eigenvalue weighted by molar-refractivity contribution is -0.179. The number of ketones is 1. The maximum atomic E-state index is 14.8. The summed E-state index contributed by atoms with van der Waals surface area (Å²) >= 11 is 0. The van der Waals surface area contributed by atoms with E-state index in [-0.39, 0.29) is 47.5 Å². The molecule has 8 aliphatic rings. The summed E-state index contributed by atoms with van der Waals surface area (Å²) in [6.07, 6.45) is 21.8. The van der Waals surface area contributed by atoms with Crippen LogP contribution in [0.25, 0.3) is 0 Å². The summed E-state index contributed by atoms with van der Waals surface area (Å²) in [5.74, 6) is 2.25. The van der Waals surface area contributed by atoms with E-state index >= 15 is 0 Å². The molecule has 2 bridgehead atoms. The maximum Gasteiger partial charge on any atom is 0.410 e. The van der Waals surface area contributed by atoms with Crippen molar-refractivity contribution in [2.45, 2.75) is 162 Å². The normalized spacial score (nSPS) is 46.1. The first kappa shape index (κ1) is 35.7. The number of hydrogen-bond acceptors (Lipinski definition) is 5. The monoisotopic (exact) mass is 678 g/mol. The van der Waals surface area contributed by atoms with E-state index in [2.05, 4.69) is 59.8 Å². The SMILES string of the molecule is CCCN(C[C@]1(O)CC[C@H]2[C@]34C=C[C@@]5(C=C3C(=O)C3CCCCC3)CC(O)CC[C@]5(C)[C@H]4CC[C@@]21C)C(=O)O[C@H]1C[C@@H](C)CC[C@@H]1C(C)C. The zero-order valence-electron chi connectivity index (χ0n) is 31.6. The van der Waals surface area contributed by atoms with Crippen molar-refractivity contribution in [2.75, 3.05) is 13.1 Å². The first-order valence-electron chi connectivity index (χ1n) is 20.6. The van der Waals surface area contributed by atoms with Gasteiger partial charge in [-0.2, -0.15) is 0 Å². The Morgan fingerprint density at radius 2 is 1.63 bits per heavy atom. The Labute approximate surface area is 296 Å². The molecule has 5 saturated carbocycles. The molecule has 274 valence electrons. The highest BCUT2D eigenvalue weighted by Gasteiger charge is 2.74. The number of nitrogens with zero attached hydrogens (tertiary/aromatic N) is 1. The highest BCUT2D eigenvalue weighted by Crippen LogP contribution is 2.78. The van der Waals surface area contributed by atoms with Crippen molar-refractivity contribution in [3.05, 3.63) is 23.8 Å². The number of amides is 1. The Balaban J connectivity index is 1.22. The van der Waals surface area contributed by atoms with Crippen molar-refractivity contribution in [1.29, 1.82) is 0 Å². The average Bonchev–Trinajstić information content (AvgIpc) is 3.34. The average molecular weight is 678 g/mol. The third kappa shape index (κ3) is 5.36. The molecule has 8 aliphatic carbocycles. The molecule has 8 rings (SSSR count). The predicted octanol–water partition coefficient (Wildman–Crippen LogP) is 9.04. The Hall–Kier alpha value is -1.66. The Kier molecular flexibility index (Phi) is 9.32. The Morgan fingerprint density at radius 1 is 0.939 bits per heavy atom. The molecule has 1 unspecified atom stereocenters. The Bertz CT molecular complexity index is 1350. The summed E-state index contributed by atoms with van der Waals surface area (Å²) in [6.45, 7) is 14.5.